The molecule has 1 aliphatic carbocycles. The molecule has 1 fully saturated rings. The third-order valence-electron chi connectivity index (χ3n) is 3.73. The van der Waals surface area contributed by atoms with Crippen LogP contribution in [0.2, 0.25) is 0 Å². The number of pyridine rings is 1. The van der Waals surface area contributed by atoms with Gasteiger partial charge in [0.15, 0.2) is 0 Å². The van der Waals surface area contributed by atoms with Crippen molar-refractivity contribution in [2.24, 2.45) is 5.73 Å². The lowest BCUT2D eigenvalue weighted by molar-refractivity contribution is 0.260. The fourth-order valence-electron chi connectivity index (χ4n) is 2.49. The minimum atomic E-state index is 0.599. The summed E-state index contributed by atoms with van der Waals surface area (Å²) in [5.41, 5.74) is 7.81. The molecule has 0 saturated heterocycles. The van der Waals surface area contributed by atoms with E-state index in [1.54, 1.807) is 0 Å². The van der Waals surface area contributed by atoms with Gasteiger partial charge in [0.2, 0.25) is 0 Å². The molecule has 0 atom stereocenters. The molecule has 2 N–H and O–H groups in total. The molecule has 0 spiro atoms. The van der Waals surface area contributed by atoms with Crippen molar-refractivity contribution in [2.45, 2.75) is 31.8 Å². The van der Waals surface area contributed by atoms with Crippen LogP contribution in [0.3, 0.4) is 0 Å². The summed E-state index contributed by atoms with van der Waals surface area (Å²) in [5, 5.41) is 1.19. The van der Waals surface area contributed by atoms with E-state index in [2.05, 4.69) is 29.2 Å². The highest BCUT2D eigenvalue weighted by Crippen LogP contribution is 2.28. The first-order valence-electron chi connectivity index (χ1n) is 7.09. The lowest BCUT2D eigenvalue weighted by Gasteiger charge is -2.21. The van der Waals surface area contributed by atoms with Gasteiger partial charge in [-0.2, -0.15) is 0 Å². The Hall–Kier alpha value is -1.52. The summed E-state index contributed by atoms with van der Waals surface area (Å²) >= 11 is 4.98. The number of benzene rings is 1. The molecule has 1 heterocycles. The highest BCUT2D eigenvalue weighted by atomic mass is 32.1. The normalized spacial score (nSPS) is 14.8. The first-order valence-corrected chi connectivity index (χ1v) is 7.50. The second-order valence-electron chi connectivity index (χ2n) is 5.41. The zero-order valence-corrected chi connectivity index (χ0v) is 12.3. The Morgan fingerprint density at radius 3 is 2.80 bits per heavy atom. The van der Waals surface area contributed by atoms with Crippen molar-refractivity contribution in [1.82, 2.24) is 9.88 Å². The minimum absolute atomic E-state index is 0.599. The largest absolute Gasteiger partial charge is 0.393 e. The number of nitrogens with zero attached hydrogens (tertiary/aromatic N) is 2. The highest BCUT2D eigenvalue weighted by Gasteiger charge is 2.28. The summed E-state index contributed by atoms with van der Waals surface area (Å²) < 4.78 is 0. The van der Waals surface area contributed by atoms with Crippen molar-refractivity contribution in [2.75, 3.05) is 6.54 Å². The van der Waals surface area contributed by atoms with Crippen LogP contribution in [0.1, 0.15) is 25.0 Å². The molecule has 0 amide bonds. The molecule has 2 aromatic rings. The Bertz CT molecular complexity index is 622. The second-order valence-corrected chi connectivity index (χ2v) is 5.94. The van der Waals surface area contributed by atoms with Crippen LogP contribution in [-0.2, 0) is 6.54 Å². The lowest BCUT2D eigenvalue weighted by atomic mass is 10.2. The van der Waals surface area contributed by atoms with Gasteiger partial charge < -0.3 is 5.73 Å². The van der Waals surface area contributed by atoms with E-state index in [1.807, 2.05) is 12.1 Å². The number of hydrogen-bond donors (Lipinski definition) is 1. The van der Waals surface area contributed by atoms with Crippen LogP contribution >= 0.6 is 12.2 Å². The average Bonchev–Trinajstić information content (AvgIpc) is 3.27. The molecule has 0 bridgehead atoms. The summed E-state index contributed by atoms with van der Waals surface area (Å²) in [7, 11) is 0. The molecule has 1 aliphatic rings. The molecule has 1 aromatic carbocycles. The van der Waals surface area contributed by atoms with Crippen LogP contribution in [0.4, 0.5) is 0 Å². The SMILES string of the molecule is NC(=S)CCN(Cc1ccc2ccccc2n1)C1CC1. The van der Waals surface area contributed by atoms with Crippen molar-refractivity contribution < 1.29 is 0 Å². The summed E-state index contributed by atoms with van der Waals surface area (Å²) in [6.07, 6.45) is 3.36. The molecule has 3 nitrogen and oxygen atoms in total. The Balaban J connectivity index is 1.74. The third kappa shape index (κ3) is 3.32. The van der Waals surface area contributed by atoms with E-state index in [9.17, 15) is 0 Å². The van der Waals surface area contributed by atoms with Crippen molar-refractivity contribution in [1.29, 1.82) is 0 Å². The summed E-state index contributed by atoms with van der Waals surface area (Å²) in [6, 6.07) is 13.2. The zero-order valence-electron chi connectivity index (χ0n) is 11.5. The van der Waals surface area contributed by atoms with Gasteiger partial charge in [0.1, 0.15) is 0 Å². The molecule has 1 aromatic heterocycles. The van der Waals surface area contributed by atoms with E-state index in [1.165, 1.54) is 18.2 Å². The lowest BCUT2D eigenvalue weighted by Crippen LogP contribution is -2.29. The Morgan fingerprint density at radius 1 is 1.25 bits per heavy atom. The summed E-state index contributed by atoms with van der Waals surface area (Å²) in [5.74, 6) is 0. The van der Waals surface area contributed by atoms with Gasteiger partial charge in [-0.3, -0.25) is 9.88 Å². The quantitative estimate of drug-likeness (QED) is 0.829. The fraction of sp³-hybridized carbons (Fsp3) is 0.375. The molecule has 1 saturated carbocycles. The minimum Gasteiger partial charge on any atom is -0.393 e. The van der Waals surface area contributed by atoms with Crippen LogP contribution < -0.4 is 5.73 Å². The average molecular weight is 285 g/mol. The van der Waals surface area contributed by atoms with Crippen LogP contribution in [0.25, 0.3) is 10.9 Å². The van der Waals surface area contributed by atoms with Gasteiger partial charge in [-0.25, -0.2) is 0 Å². The second kappa shape index (κ2) is 5.85. The smallest absolute Gasteiger partial charge is 0.0740 e. The summed E-state index contributed by atoms with van der Waals surface area (Å²) in [4.78, 5) is 7.80. The number of thiocarbonyl (C=S) groups is 1. The monoisotopic (exact) mass is 285 g/mol. The van der Waals surface area contributed by atoms with Crippen molar-refractivity contribution >= 4 is 28.1 Å². The van der Waals surface area contributed by atoms with Gasteiger partial charge in [-0.1, -0.05) is 36.5 Å². The zero-order chi connectivity index (χ0) is 13.9. The van der Waals surface area contributed by atoms with Crippen molar-refractivity contribution in [3.8, 4) is 0 Å². The van der Waals surface area contributed by atoms with Gasteiger partial charge >= 0.3 is 0 Å². The maximum absolute atomic E-state index is 5.62. The van der Waals surface area contributed by atoms with Gasteiger partial charge in [-0.15, -0.1) is 0 Å². The van der Waals surface area contributed by atoms with E-state index in [4.69, 9.17) is 22.9 Å². The Morgan fingerprint density at radius 2 is 2.05 bits per heavy atom. The fourth-order valence-corrected chi connectivity index (χ4v) is 2.58. The Kier molecular flexibility index (Phi) is 3.94. The number of hydrogen-bond acceptors (Lipinski definition) is 3. The molecule has 0 unspecified atom stereocenters. The van der Waals surface area contributed by atoms with E-state index >= 15 is 0 Å². The highest BCUT2D eigenvalue weighted by molar-refractivity contribution is 7.80. The number of rotatable bonds is 6. The number of aromatic nitrogens is 1. The topological polar surface area (TPSA) is 42.1 Å². The molecule has 20 heavy (non-hydrogen) atoms. The number of fused-ring (bicyclic) bond motifs is 1. The molecule has 4 heteroatoms. The van der Waals surface area contributed by atoms with E-state index in [-0.39, 0.29) is 0 Å². The first-order chi connectivity index (χ1) is 9.72. The standard InChI is InChI=1S/C16H19N3S/c17-16(20)9-10-19(14-7-8-14)11-13-6-5-12-3-1-2-4-15(12)18-13/h1-6,14H,7-11H2,(H2,17,20). The predicted octanol–water partition coefficient (Wildman–Crippen LogP) is 2.88. The van der Waals surface area contributed by atoms with Gasteiger partial charge in [-0.05, 0) is 25.0 Å². The Labute approximate surface area is 124 Å². The van der Waals surface area contributed by atoms with Crippen LogP contribution in [-0.4, -0.2) is 27.5 Å². The van der Waals surface area contributed by atoms with E-state index in [0.717, 1.165) is 30.7 Å². The predicted molar refractivity (Wildman–Crippen MR) is 86.6 cm³/mol. The van der Waals surface area contributed by atoms with Gasteiger partial charge in [0, 0.05) is 30.9 Å². The summed E-state index contributed by atoms with van der Waals surface area (Å²) in [6.45, 7) is 1.83. The van der Waals surface area contributed by atoms with Crippen LogP contribution in [0, 0.1) is 0 Å². The van der Waals surface area contributed by atoms with Crippen LogP contribution in [0.15, 0.2) is 36.4 Å². The van der Waals surface area contributed by atoms with Crippen LogP contribution in [0.5, 0.6) is 0 Å². The molecule has 104 valence electrons. The first kappa shape index (κ1) is 13.5. The van der Waals surface area contributed by atoms with E-state index in [0.29, 0.717) is 11.0 Å². The molecular weight excluding hydrogens is 266 g/mol. The molecule has 0 radical (unpaired) electrons. The molecule has 0 aliphatic heterocycles. The third-order valence-corrected chi connectivity index (χ3v) is 3.93. The number of nitrogens with two attached hydrogens (primary N) is 1. The van der Waals surface area contributed by atoms with E-state index < -0.39 is 0 Å². The van der Waals surface area contributed by atoms with Gasteiger partial charge in [0.25, 0.3) is 0 Å². The maximum Gasteiger partial charge on any atom is 0.0740 e. The molecule has 3 rings (SSSR count). The molecular formula is C16H19N3S. The van der Waals surface area contributed by atoms with Crippen molar-refractivity contribution in [3.05, 3.63) is 42.1 Å². The number of para-hydroxylation sites is 1. The van der Waals surface area contributed by atoms with Crippen molar-refractivity contribution in [3.63, 3.8) is 0 Å². The maximum atomic E-state index is 5.62. The van der Waals surface area contributed by atoms with Gasteiger partial charge in [0.05, 0.1) is 16.2 Å².